The SMILES string of the molecule is Cl.Clc1cccc([C@H]2CCCN2)c1Cl. The van der Waals surface area contributed by atoms with E-state index < -0.39 is 0 Å². The van der Waals surface area contributed by atoms with Crippen molar-refractivity contribution in [1.29, 1.82) is 0 Å². The molecule has 1 aromatic rings. The molecule has 1 fully saturated rings. The van der Waals surface area contributed by atoms with Crippen molar-refractivity contribution in [3.8, 4) is 0 Å². The van der Waals surface area contributed by atoms with Gasteiger partial charge in [-0.1, -0.05) is 35.3 Å². The second kappa shape index (κ2) is 5.22. The van der Waals surface area contributed by atoms with Gasteiger partial charge < -0.3 is 5.32 Å². The second-order valence-corrected chi connectivity index (χ2v) is 4.08. The third-order valence-corrected chi connectivity index (χ3v) is 3.25. The first-order valence-corrected chi connectivity index (χ1v) is 5.22. The maximum absolute atomic E-state index is 6.10. The summed E-state index contributed by atoms with van der Waals surface area (Å²) in [6, 6.07) is 6.20. The largest absolute Gasteiger partial charge is 0.310 e. The lowest BCUT2D eigenvalue weighted by Crippen LogP contribution is -2.13. The van der Waals surface area contributed by atoms with E-state index in [0.29, 0.717) is 16.1 Å². The van der Waals surface area contributed by atoms with E-state index in [2.05, 4.69) is 5.32 Å². The highest BCUT2D eigenvalue weighted by Crippen LogP contribution is 2.33. The second-order valence-electron chi connectivity index (χ2n) is 3.29. The van der Waals surface area contributed by atoms with E-state index in [4.69, 9.17) is 23.2 Å². The van der Waals surface area contributed by atoms with E-state index in [1.807, 2.05) is 18.2 Å². The molecule has 0 saturated carbocycles. The van der Waals surface area contributed by atoms with Gasteiger partial charge in [0.25, 0.3) is 0 Å². The summed E-state index contributed by atoms with van der Waals surface area (Å²) in [5.74, 6) is 0. The number of hydrogen-bond acceptors (Lipinski definition) is 1. The highest BCUT2D eigenvalue weighted by molar-refractivity contribution is 6.42. The van der Waals surface area contributed by atoms with Crippen LogP contribution in [0.3, 0.4) is 0 Å². The Hall–Kier alpha value is 0.0500. The van der Waals surface area contributed by atoms with Crippen LogP contribution < -0.4 is 5.32 Å². The first kappa shape index (κ1) is 12.1. The summed E-state index contributed by atoms with van der Waals surface area (Å²) < 4.78 is 0. The van der Waals surface area contributed by atoms with Crippen LogP contribution in [0.4, 0.5) is 0 Å². The van der Waals surface area contributed by atoms with E-state index >= 15 is 0 Å². The monoisotopic (exact) mass is 251 g/mol. The van der Waals surface area contributed by atoms with Crippen LogP contribution in [-0.4, -0.2) is 6.54 Å². The van der Waals surface area contributed by atoms with Crippen molar-refractivity contribution in [2.75, 3.05) is 6.54 Å². The maximum atomic E-state index is 6.10. The van der Waals surface area contributed by atoms with E-state index in [1.165, 1.54) is 6.42 Å². The highest BCUT2D eigenvalue weighted by atomic mass is 35.5. The lowest BCUT2D eigenvalue weighted by atomic mass is 10.1. The third kappa shape index (κ3) is 2.34. The van der Waals surface area contributed by atoms with Gasteiger partial charge in [0.2, 0.25) is 0 Å². The predicted molar refractivity (Wildman–Crippen MR) is 63.7 cm³/mol. The zero-order valence-corrected chi connectivity index (χ0v) is 9.92. The molecule has 1 N–H and O–H groups in total. The molecule has 4 heteroatoms. The van der Waals surface area contributed by atoms with Gasteiger partial charge in [0, 0.05) is 6.04 Å². The summed E-state index contributed by atoms with van der Waals surface area (Å²) in [7, 11) is 0. The third-order valence-electron chi connectivity index (χ3n) is 2.42. The minimum Gasteiger partial charge on any atom is -0.310 e. The number of nitrogens with one attached hydrogen (secondary N) is 1. The van der Waals surface area contributed by atoms with E-state index in [-0.39, 0.29) is 12.4 Å². The predicted octanol–water partition coefficient (Wildman–Crippen LogP) is 3.84. The number of benzene rings is 1. The van der Waals surface area contributed by atoms with Crippen molar-refractivity contribution in [2.45, 2.75) is 18.9 Å². The molecule has 1 nitrogen and oxygen atoms in total. The lowest BCUT2D eigenvalue weighted by Gasteiger charge is -2.12. The first-order chi connectivity index (χ1) is 6.29. The fraction of sp³-hybridized carbons (Fsp3) is 0.400. The molecule has 0 spiro atoms. The fourth-order valence-electron chi connectivity index (χ4n) is 1.74. The molecule has 1 saturated heterocycles. The standard InChI is InChI=1S/C10H11Cl2N.ClH/c11-8-4-1-3-7(10(8)12)9-5-2-6-13-9;/h1,3-4,9,13H,2,5-6H2;1H/t9-;/m1./s1. The summed E-state index contributed by atoms with van der Waals surface area (Å²) in [6.07, 6.45) is 2.37. The van der Waals surface area contributed by atoms with Gasteiger partial charge in [0.05, 0.1) is 10.0 Å². The van der Waals surface area contributed by atoms with E-state index in [0.717, 1.165) is 18.5 Å². The minimum atomic E-state index is 0. The first-order valence-electron chi connectivity index (χ1n) is 4.46. The Morgan fingerprint density at radius 1 is 1.29 bits per heavy atom. The molecule has 0 unspecified atom stereocenters. The molecule has 78 valence electrons. The zero-order chi connectivity index (χ0) is 9.26. The molecule has 2 rings (SSSR count). The molecule has 0 aromatic heterocycles. The van der Waals surface area contributed by atoms with Crippen molar-refractivity contribution in [1.82, 2.24) is 5.32 Å². The number of rotatable bonds is 1. The van der Waals surface area contributed by atoms with Crippen LogP contribution >= 0.6 is 35.6 Å². The van der Waals surface area contributed by atoms with Crippen LogP contribution in [0.5, 0.6) is 0 Å². The van der Waals surface area contributed by atoms with Crippen molar-refractivity contribution < 1.29 is 0 Å². The molecule has 14 heavy (non-hydrogen) atoms. The molecule has 1 heterocycles. The Balaban J connectivity index is 0.000000980. The van der Waals surface area contributed by atoms with Gasteiger partial charge in [-0.15, -0.1) is 12.4 Å². The van der Waals surface area contributed by atoms with Gasteiger partial charge in [-0.25, -0.2) is 0 Å². The Bertz CT molecular complexity index is 308. The maximum Gasteiger partial charge on any atom is 0.0640 e. The van der Waals surface area contributed by atoms with Gasteiger partial charge in [-0.2, -0.15) is 0 Å². The van der Waals surface area contributed by atoms with Crippen LogP contribution in [0, 0.1) is 0 Å². The minimum absolute atomic E-state index is 0. The van der Waals surface area contributed by atoms with E-state index in [1.54, 1.807) is 0 Å². The molecular weight excluding hydrogens is 240 g/mol. The summed E-state index contributed by atoms with van der Waals surface area (Å²) in [4.78, 5) is 0. The van der Waals surface area contributed by atoms with Crippen molar-refractivity contribution in [2.24, 2.45) is 0 Å². The Labute approximate surface area is 100 Å². The van der Waals surface area contributed by atoms with Crippen LogP contribution in [0.2, 0.25) is 10.0 Å². The van der Waals surface area contributed by atoms with E-state index in [9.17, 15) is 0 Å². The van der Waals surface area contributed by atoms with Crippen LogP contribution in [0.25, 0.3) is 0 Å². The van der Waals surface area contributed by atoms with Gasteiger partial charge in [0.15, 0.2) is 0 Å². The van der Waals surface area contributed by atoms with Crippen LogP contribution in [0.1, 0.15) is 24.4 Å². The molecule has 1 aliphatic rings. The summed E-state index contributed by atoms with van der Waals surface area (Å²) in [5, 5.41) is 4.74. The molecule has 1 aromatic carbocycles. The summed E-state index contributed by atoms with van der Waals surface area (Å²) >= 11 is 12.0. The summed E-state index contributed by atoms with van der Waals surface area (Å²) in [6.45, 7) is 1.08. The number of hydrogen-bond donors (Lipinski definition) is 1. The molecule has 0 bridgehead atoms. The topological polar surface area (TPSA) is 12.0 Å². The number of halogens is 3. The normalized spacial score (nSPS) is 20.6. The molecule has 0 amide bonds. The average molecular weight is 253 g/mol. The van der Waals surface area contributed by atoms with Gasteiger partial charge in [-0.05, 0) is 31.0 Å². The fourth-order valence-corrected chi connectivity index (χ4v) is 2.18. The molecule has 1 atom stereocenters. The smallest absolute Gasteiger partial charge is 0.0640 e. The van der Waals surface area contributed by atoms with Crippen molar-refractivity contribution in [3.05, 3.63) is 33.8 Å². The van der Waals surface area contributed by atoms with Gasteiger partial charge in [-0.3, -0.25) is 0 Å². The Morgan fingerprint density at radius 2 is 2.07 bits per heavy atom. The molecule has 0 aliphatic carbocycles. The van der Waals surface area contributed by atoms with Crippen LogP contribution in [0.15, 0.2) is 18.2 Å². The molecule has 1 aliphatic heterocycles. The Morgan fingerprint density at radius 3 is 2.71 bits per heavy atom. The zero-order valence-electron chi connectivity index (χ0n) is 7.59. The lowest BCUT2D eigenvalue weighted by molar-refractivity contribution is 0.648. The quantitative estimate of drug-likeness (QED) is 0.801. The molecule has 0 radical (unpaired) electrons. The van der Waals surface area contributed by atoms with Crippen molar-refractivity contribution >= 4 is 35.6 Å². The summed E-state index contributed by atoms with van der Waals surface area (Å²) in [5.41, 5.74) is 1.13. The average Bonchev–Trinajstić information content (AvgIpc) is 2.62. The van der Waals surface area contributed by atoms with Crippen LogP contribution in [-0.2, 0) is 0 Å². The van der Waals surface area contributed by atoms with Crippen molar-refractivity contribution in [3.63, 3.8) is 0 Å². The highest BCUT2D eigenvalue weighted by Gasteiger charge is 2.19. The van der Waals surface area contributed by atoms with Gasteiger partial charge >= 0.3 is 0 Å². The Kier molecular flexibility index (Phi) is 4.52. The molecular formula is C10H12Cl3N. The van der Waals surface area contributed by atoms with Gasteiger partial charge in [0.1, 0.15) is 0 Å².